The van der Waals surface area contributed by atoms with E-state index in [2.05, 4.69) is 25.7 Å². The summed E-state index contributed by atoms with van der Waals surface area (Å²) in [4.78, 5) is 18.8. The molecule has 1 aliphatic heterocycles. The number of likely N-dealkylation sites (tertiary alicyclic amines) is 1. The van der Waals surface area contributed by atoms with Crippen molar-refractivity contribution in [1.29, 1.82) is 0 Å². The topological polar surface area (TPSA) is 99.9 Å². The van der Waals surface area contributed by atoms with Crippen molar-refractivity contribution in [2.24, 2.45) is 0 Å². The van der Waals surface area contributed by atoms with Gasteiger partial charge < -0.3 is 14.7 Å². The summed E-state index contributed by atoms with van der Waals surface area (Å²) in [6.07, 6.45) is 8.28. The highest BCUT2D eigenvalue weighted by Gasteiger charge is 2.28. The van der Waals surface area contributed by atoms with Crippen molar-refractivity contribution in [1.82, 2.24) is 30.6 Å². The quantitative estimate of drug-likeness (QED) is 0.783. The molecule has 0 bridgehead atoms. The van der Waals surface area contributed by atoms with Crippen LogP contribution in [0.4, 0.5) is 4.79 Å². The normalized spacial score (nSPS) is 17.9. The van der Waals surface area contributed by atoms with Crippen molar-refractivity contribution in [3.8, 4) is 0 Å². The summed E-state index contributed by atoms with van der Waals surface area (Å²) in [6, 6.07) is 0.0938. The van der Waals surface area contributed by atoms with Crippen LogP contribution in [0.1, 0.15) is 68.8 Å². The van der Waals surface area contributed by atoms with Gasteiger partial charge in [-0.15, -0.1) is 0 Å². The number of rotatable bonds is 6. The predicted molar refractivity (Wildman–Crippen MR) is 92.0 cm³/mol. The monoisotopic (exact) mass is 346 g/mol. The average molecular weight is 346 g/mol. The molecule has 1 unspecified atom stereocenters. The Morgan fingerprint density at radius 2 is 2.36 bits per heavy atom. The van der Waals surface area contributed by atoms with Crippen LogP contribution in [0.5, 0.6) is 0 Å². The molecule has 1 fully saturated rings. The van der Waals surface area contributed by atoms with Gasteiger partial charge in [0.1, 0.15) is 0 Å². The Balaban J connectivity index is 1.46. The lowest BCUT2D eigenvalue weighted by Crippen LogP contribution is -2.44. The summed E-state index contributed by atoms with van der Waals surface area (Å²) in [5.74, 6) is 1.62. The van der Waals surface area contributed by atoms with Gasteiger partial charge in [-0.05, 0) is 25.7 Å². The zero-order valence-corrected chi connectivity index (χ0v) is 14.9. The first-order valence-electron chi connectivity index (χ1n) is 9.00. The fourth-order valence-electron chi connectivity index (χ4n) is 3.10. The summed E-state index contributed by atoms with van der Waals surface area (Å²) in [5, 5.41) is 13.8. The number of hydrogen-bond acceptors (Lipinski definition) is 5. The number of amides is 2. The van der Waals surface area contributed by atoms with Gasteiger partial charge in [-0.3, -0.25) is 5.10 Å². The molecule has 2 N–H and O–H groups in total. The third-order valence-electron chi connectivity index (χ3n) is 4.51. The predicted octanol–water partition coefficient (Wildman–Crippen LogP) is 2.79. The highest BCUT2D eigenvalue weighted by Crippen LogP contribution is 2.30. The summed E-state index contributed by atoms with van der Waals surface area (Å²) in [7, 11) is 0. The van der Waals surface area contributed by atoms with E-state index < -0.39 is 0 Å². The Morgan fingerprint density at radius 1 is 1.48 bits per heavy atom. The van der Waals surface area contributed by atoms with Crippen LogP contribution >= 0.6 is 0 Å². The Hall–Kier alpha value is -2.38. The van der Waals surface area contributed by atoms with E-state index in [0.29, 0.717) is 18.9 Å². The van der Waals surface area contributed by atoms with E-state index in [-0.39, 0.29) is 18.0 Å². The SMILES string of the molecule is CC(C)c1noc(CCCNC(=O)N2CCCCC2c2cn[nH]c2)n1. The van der Waals surface area contributed by atoms with E-state index >= 15 is 0 Å². The van der Waals surface area contributed by atoms with E-state index in [1.807, 2.05) is 24.9 Å². The van der Waals surface area contributed by atoms with Gasteiger partial charge in [-0.2, -0.15) is 10.1 Å². The van der Waals surface area contributed by atoms with Crippen molar-refractivity contribution < 1.29 is 9.32 Å². The van der Waals surface area contributed by atoms with Crippen LogP contribution in [0, 0.1) is 0 Å². The number of H-pyrrole nitrogens is 1. The van der Waals surface area contributed by atoms with Crippen molar-refractivity contribution >= 4 is 6.03 Å². The summed E-state index contributed by atoms with van der Waals surface area (Å²) >= 11 is 0. The number of urea groups is 1. The van der Waals surface area contributed by atoms with Gasteiger partial charge in [-0.25, -0.2) is 4.79 Å². The van der Waals surface area contributed by atoms with Crippen molar-refractivity contribution in [3.05, 3.63) is 29.7 Å². The molecular formula is C17H26N6O2. The van der Waals surface area contributed by atoms with Crippen LogP contribution in [0.15, 0.2) is 16.9 Å². The van der Waals surface area contributed by atoms with Crippen molar-refractivity contribution in [2.45, 2.75) is 57.9 Å². The molecule has 2 amide bonds. The highest BCUT2D eigenvalue weighted by atomic mass is 16.5. The van der Waals surface area contributed by atoms with E-state index in [1.165, 1.54) is 0 Å². The smallest absolute Gasteiger partial charge is 0.317 e. The van der Waals surface area contributed by atoms with Gasteiger partial charge >= 0.3 is 6.03 Å². The molecule has 0 aromatic carbocycles. The Labute approximate surface area is 147 Å². The second-order valence-electron chi connectivity index (χ2n) is 6.77. The fourth-order valence-corrected chi connectivity index (χ4v) is 3.10. The molecular weight excluding hydrogens is 320 g/mol. The van der Waals surface area contributed by atoms with E-state index in [9.17, 15) is 4.79 Å². The molecule has 1 aliphatic rings. The molecule has 0 aliphatic carbocycles. The molecule has 8 nitrogen and oxygen atoms in total. The molecule has 1 saturated heterocycles. The maximum atomic E-state index is 12.5. The van der Waals surface area contributed by atoms with Crippen LogP contribution in [-0.4, -0.2) is 44.4 Å². The standard InChI is InChI=1S/C17H26N6O2/c1-12(2)16-21-15(25-22-16)7-5-8-18-17(24)23-9-4-3-6-14(23)13-10-19-20-11-13/h10-12,14H,3-9H2,1-2H3,(H,18,24)(H,19,20). The minimum Gasteiger partial charge on any atom is -0.339 e. The Bertz CT molecular complexity index is 666. The third-order valence-corrected chi connectivity index (χ3v) is 4.51. The van der Waals surface area contributed by atoms with Crippen molar-refractivity contribution in [3.63, 3.8) is 0 Å². The van der Waals surface area contributed by atoms with Gasteiger partial charge in [0, 0.05) is 37.2 Å². The third kappa shape index (κ3) is 4.37. The van der Waals surface area contributed by atoms with Crippen LogP contribution < -0.4 is 5.32 Å². The number of carbonyl (C=O) groups is 1. The molecule has 3 heterocycles. The van der Waals surface area contributed by atoms with Gasteiger partial charge in [0.2, 0.25) is 5.89 Å². The molecule has 0 saturated carbocycles. The van der Waals surface area contributed by atoms with Crippen LogP contribution in [0.25, 0.3) is 0 Å². The number of nitrogens with zero attached hydrogens (tertiary/aromatic N) is 4. The molecule has 2 aromatic rings. The largest absolute Gasteiger partial charge is 0.339 e. The summed E-state index contributed by atoms with van der Waals surface area (Å²) in [5.41, 5.74) is 1.07. The first-order valence-corrected chi connectivity index (χ1v) is 9.00. The maximum Gasteiger partial charge on any atom is 0.317 e. The second kappa shape index (κ2) is 8.13. The number of piperidine rings is 1. The Morgan fingerprint density at radius 3 is 3.08 bits per heavy atom. The molecule has 136 valence electrons. The zero-order valence-electron chi connectivity index (χ0n) is 14.9. The van der Waals surface area contributed by atoms with Crippen molar-refractivity contribution in [2.75, 3.05) is 13.1 Å². The molecule has 3 rings (SSSR count). The number of aromatic amines is 1. The van der Waals surface area contributed by atoms with Crippen LogP contribution in [0.2, 0.25) is 0 Å². The zero-order chi connectivity index (χ0) is 17.6. The molecule has 0 radical (unpaired) electrons. The number of nitrogens with one attached hydrogen (secondary N) is 2. The van der Waals surface area contributed by atoms with Gasteiger partial charge in [0.05, 0.1) is 12.2 Å². The minimum absolute atomic E-state index is 0.0145. The number of aryl methyl sites for hydroxylation is 1. The lowest BCUT2D eigenvalue weighted by molar-refractivity contribution is 0.151. The molecule has 25 heavy (non-hydrogen) atoms. The summed E-state index contributed by atoms with van der Waals surface area (Å²) in [6.45, 7) is 5.43. The molecule has 2 aromatic heterocycles. The first-order chi connectivity index (χ1) is 12.1. The minimum atomic E-state index is -0.0145. The van der Waals surface area contributed by atoms with E-state index in [1.54, 1.807) is 6.20 Å². The molecule has 0 spiro atoms. The van der Waals surface area contributed by atoms with E-state index in [0.717, 1.165) is 43.6 Å². The number of aromatic nitrogens is 4. The van der Waals surface area contributed by atoms with Gasteiger partial charge in [0.25, 0.3) is 0 Å². The Kier molecular flexibility index (Phi) is 5.67. The maximum absolute atomic E-state index is 12.5. The van der Waals surface area contributed by atoms with Gasteiger partial charge in [0.15, 0.2) is 5.82 Å². The van der Waals surface area contributed by atoms with Crippen LogP contribution in [-0.2, 0) is 6.42 Å². The number of carbonyl (C=O) groups excluding carboxylic acids is 1. The van der Waals surface area contributed by atoms with E-state index in [4.69, 9.17) is 4.52 Å². The highest BCUT2D eigenvalue weighted by molar-refractivity contribution is 5.74. The second-order valence-corrected chi connectivity index (χ2v) is 6.77. The lowest BCUT2D eigenvalue weighted by Gasteiger charge is -2.35. The molecule has 8 heteroatoms. The number of hydrogen-bond donors (Lipinski definition) is 2. The first kappa shape index (κ1) is 17.4. The lowest BCUT2D eigenvalue weighted by atomic mass is 9.98. The molecule has 1 atom stereocenters. The fraction of sp³-hybridized carbons (Fsp3) is 0.647. The van der Waals surface area contributed by atoms with Gasteiger partial charge in [-0.1, -0.05) is 19.0 Å². The van der Waals surface area contributed by atoms with Crippen LogP contribution in [0.3, 0.4) is 0 Å². The summed E-state index contributed by atoms with van der Waals surface area (Å²) < 4.78 is 5.22. The average Bonchev–Trinajstić information content (AvgIpc) is 3.30.